The maximum absolute atomic E-state index is 12.9. The van der Waals surface area contributed by atoms with Gasteiger partial charge in [0.25, 0.3) is 0 Å². The van der Waals surface area contributed by atoms with Crippen molar-refractivity contribution in [2.24, 2.45) is 0 Å². The number of ether oxygens (including phenoxy) is 2. The number of aromatic nitrogens is 1. The number of halogens is 3. The van der Waals surface area contributed by atoms with Crippen LogP contribution in [0.3, 0.4) is 0 Å². The molecule has 128 valence electrons. The molecule has 1 aliphatic rings. The fraction of sp³-hybridized carbons (Fsp3) is 0.571. The summed E-state index contributed by atoms with van der Waals surface area (Å²) in [6.45, 7) is 6.41. The molecule has 0 aliphatic carbocycles. The molecule has 0 saturated carbocycles. The molecule has 0 radical (unpaired) electrons. The van der Waals surface area contributed by atoms with Gasteiger partial charge in [0.05, 0.1) is 19.3 Å². The third-order valence-corrected chi connectivity index (χ3v) is 4.34. The zero-order valence-corrected chi connectivity index (χ0v) is 13.4. The van der Waals surface area contributed by atoms with E-state index in [-0.39, 0.29) is 23.4 Å². The summed E-state index contributed by atoms with van der Waals surface area (Å²) >= 11 is 0.455. The van der Waals surface area contributed by atoms with E-state index in [1.165, 1.54) is 0 Å². The Balaban J connectivity index is 2.33. The van der Waals surface area contributed by atoms with Crippen molar-refractivity contribution in [1.82, 2.24) is 4.98 Å². The van der Waals surface area contributed by atoms with E-state index in [1.54, 1.807) is 17.9 Å². The smallest absolute Gasteiger partial charge is 0.443 e. The Kier molecular flexibility index (Phi) is 5.64. The van der Waals surface area contributed by atoms with Gasteiger partial charge in [0, 0.05) is 13.1 Å². The number of rotatable bonds is 5. The molecular formula is C14H17F3N2O3S. The highest BCUT2D eigenvalue weighted by molar-refractivity contribution is 7.16. The molecule has 5 nitrogen and oxygen atoms in total. The molecule has 0 aromatic carbocycles. The Hall–Kier alpha value is -1.61. The fourth-order valence-electron chi connectivity index (χ4n) is 2.21. The topological polar surface area (TPSA) is 51.7 Å². The van der Waals surface area contributed by atoms with E-state index in [2.05, 4.69) is 11.6 Å². The van der Waals surface area contributed by atoms with Crippen LogP contribution in [0.4, 0.5) is 18.2 Å². The molecule has 2 heterocycles. The molecule has 1 aromatic heterocycles. The van der Waals surface area contributed by atoms with Gasteiger partial charge in [-0.2, -0.15) is 13.2 Å². The largest absolute Gasteiger partial charge is 0.461 e. The van der Waals surface area contributed by atoms with E-state index < -0.39 is 17.2 Å². The number of nitrogens with zero attached hydrogens (tertiary/aromatic N) is 2. The minimum absolute atomic E-state index is 0.0688. The number of anilines is 1. The van der Waals surface area contributed by atoms with Gasteiger partial charge in [-0.05, 0) is 13.3 Å². The molecule has 1 atom stereocenters. The summed E-state index contributed by atoms with van der Waals surface area (Å²) in [7, 11) is 0. The van der Waals surface area contributed by atoms with Crippen LogP contribution < -0.4 is 4.90 Å². The van der Waals surface area contributed by atoms with Gasteiger partial charge < -0.3 is 14.4 Å². The Labute approximate surface area is 135 Å². The average Bonchev–Trinajstić information content (AvgIpc) is 2.93. The number of hydrogen-bond acceptors (Lipinski definition) is 6. The quantitative estimate of drug-likeness (QED) is 0.603. The van der Waals surface area contributed by atoms with Crippen molar-refractivity contribution in [2.45, 2.75) is 25.6 Å². The second-order valence-electron chi connectivity index (χ2n) is 4.85. The predicted molar refractivity (Wildman–Crippen MR) is 79.8 cm³/mol. The molecule has 0 amide bonds. The minimum atomic E-state index is -4.60. The van der Waals surface area contributed by atoms with Crippen molar-refractivity contribution in [2.75, 3.05) is 31.2 Å². The number of thiazole rings is 1. The van der Waals surface area contributed by atoms with Gasteiger partial charge >= 0.3 is 12.1 Å². The summed E-state index contributed by atoms with van der Waals surface area (Å²) in [4.78, 5) is 17.1. The third kappa shape index (κ3) is 4.23. The highest BCUT2D eigenvalue weighted by Gasteiger charge is 2.39. The summed E-state index contributed by atoms with van der Waals surface area (Å²) in [5.74, 6) is -0.846. The molecule has 0 bridgehead atoms. The summed E-state index contributed by atoms with van der Waals surface area (Å²) < 4.78 is 49.2. The molecule has 1 aliphatic heterocycles. The van der Waals surface area contributed by atoms with Crippen LogP contribution in [0.5, 0.6) is 0 Å². The van der Waals surface area contributed by atoms with E-state index in [9.17, 15) is 18.0 Å². The van der Waals surface area contributed by atoms with Gasteiger partial charge in [-0.25, -0.2) is 9.78 Å². The molecule has 2 rings (SSSR count). The lowest BCUT2D eigenvalue weighted by atomic mass is 10.2. The second kappa shape index (κ2) is 7.31. The highest BCUT2D eigenvalue weighted by Crippen LogP contribution is 2.39. The van der Waals surface area contributed by atoms with E-state index in [1.807, 2.05) is 0 Å². The summed E-state index contributed by atoms with van der Waals surface area (Å²) in [5.41, 5.74) is -0.288. The molecule has 1 fully saturated rings. The number of morpholine rings is 1. The van der Waals surface area contributed by atoms with Crippen molar-refractivity contribution in [3.05, 3.63) is 23.4 Å². The number of carbonyl (C=O) groups is 1. The van der Waals surface area contributed by atoms with E-state index >= 15 is 0 Å². The maximum Gasteiger partial charge on any atom is 0.443 e. The van der Waals surface area contributed by atoms with E-state index in [4.69, 9.17) is 9.47 Å². The van der Waals surface area contributed by atoms with Crippen molar-refractivity contribution < 1.29 is 27.4 Å². The Morgan fingerprint density at radius 2 is 2.35 bits per heavy atom. The van der Waals surface area contributed by atoms with Gasteiger partial charge in [-0.15, -0.1) is 6.58 Å². The molecule has 9 heteroatoms. The van der Waals surface area contributed by atoms with Crippen LogP contribution in [0.2, 0.25) is 0 Å². The maximum atomic E-state index is 12.9. The van der Waals surface area contributed by atoms with Gasteiger partial charge in [-0.3, -0.25) is 0 Å². The molecule has 1 aromatic rings. The predicted octanol–water partition coefficient (Wildman–Crippen LogP) is 3.12. The van der Waals surface area contributed by atoms with Crippen LogP contribution >= 0.6 is 11.3 Å². The van der Waals surface area contributed by atoms with Gasteiger partial charge in [0.2, 0.25) is 5.01 Å². The van der Waals surface area contributed by atoms with Crippen LogP contribution in [0.15, 0.2) is 12.7 Å². The zero-order chi connectivity index (χ0) is 17.0. The van der Waals surface area contributed by atoms with Crippen molar-refractivity contribution >= 4 is 22.3 Å². The monoisotopic (exact) mass is 350 g/mol. The SMILES string of the molecule is C=CC[C@H]1CN(c2sc(C(F)(F)F)nc2C(=O)OCC)CCO1. The third-order valence-electron chi connectivity index (χ3n) is 3.18. The molecule has 0 spiro atoms. The first kappa shape index (κ1) is 17.7. The number of carbonyl (C=O) groups excluding carboxylic acids is 1. The summed E-state index contributed by atoms with van der Waals surface area (Å²) in [6.07, 6.45) is -2.51. The molecule has 23 heavy (non-hydrogen) atoms. The summed E-state index contributed by atoms with van der Waals surface area (Å²) in [5, 5.41) is -0.879. The van der Waals surface area contributed by atoms with Crippen molar-refractivity contribution in [1.29, 1.82) is 0 Å². The number of esters is 1. The Bertz CT molecular complexity index is 574. The highest BCUT2D eigenvalue weighted by atomic mass is 32.1. The van der Waals surface area contributed by atoms with Crippen LogP contribution in [-0.2, 0) is 15.7 Å². The first-order valence-corrected chi connectivity index (χ1v) is 7.91. The van der Waals surface area contributed by atoms with Crippen LogP contribution in [-0.4, -0.2) is 43.4 Å². The Morgan fingerprint density at radius 1 is 1.61 bits per heavy atom. The van der Waals surface area contributed by atoms with Gasteiger partial charge in [0.1, 0.15) is 5.00 Å². The van der Waals surface area contributed by atoms with Gasteiger partial charge in [0.15, 0.2) is 5.69 Å². The lowest BCUT2D eigenvalue weighted by Gasteiger charge is -2.33. The lowest BCUT2D eigenvalue weighted by Crippen LogP contribution is -2.42. The zero-order valence-electron chi connectivity index (χ0n) is 12.6. The van der Waals surface area contributed by atoms with Crippen molar-refractivity contribution in [3.63, 3.8) is 0 Å². The summed E-state index contributed by atoms with van der Waals surface area (Å²) in [6, 6.07) is 0. The first-order valence-electron chi connectivity index (χ1n) is 7.09. The van der Waals surface area contributed by atoms with E-state index in [0.717, 1.165) is 0 Å². The number of alkyl halides is 3. The van der Waals surface area contributed by atoms with E-state index in [0.29, 0.717) is 37.5 Å². The Morgan fingerprint density at radius 3 is 2.96 bits per heavy atom. The van der Waals surface area contributed by atoms with Crippen LogP contribution in [0, 0.1) is 0 Å². The standard InChI is InChI=1S/C14H17F3N2O3S/c1-3-5-9-8-19(6-7-22-9)11-10(12(20)21-4-2)18-13(23-11)14(15,16)17/h3,9H,1,4-8H2,2H3/t9-/m0/s1. The average molecular weight is 350 g/mol. The molecule has 0 N–H and O–H groups in total. The fourth-order valence-corrected chi connectivity index (χ4v) is 3.17. The first-order chi connectivity index (χ1) is 10.9. The number of hydrogen-bond donors (Lipinski definition) is 0. The molecule has 0 unspecified atom stereocenters. The minimum Gasteiger partial charge on any atom is -0.461 e. The normalized spacial score (nSPS) is 18.8. The van der Waals surface area contributed by atoms with Crippen molar-refractivity contribution in [3.8, 4) is 0 Å². The van der Waals surface area contributed by atoms with Crippen LogP contribution in [0.1, 0.15) is 28.8 Å². The molecular weight excluding hydrogens is 333 g/mol. The lowest BCUT2D eigenvalue weighted by molar-refractivity contribution is -0.137. The van der Waals surface area contributed by atoms with Gasteiger partial charge in [-0.1, -0.05) is 17.4 Å². The molecule has 1 saturated heterocycles. The second-order valence-corrected chi connectivity index (χ2v) is 5.83. The van der Waals surface area contributed by atoms with Crippen LogP contribution in [0.25, 0.3) is 0 Å².